The van der Waals surface area contributed by atoms with Crippen molar-refractivity contribution >= 4 is 5.91 Å². The molecule has 1 fully saturated rings. The first kappa shape index (κ1) is 21.0. The Balaban J connectivity index is 1.56. The van der Waals surface area contributed by atoms with E-state index in [0.717, 1.165) is 82.0 Å². The lowest BCUT2D eigenvalue weighted by molar-refractivity contribution is 0.0600. The van der Waals surface area contributed by atoms with Gasteiger partial charge in [-0.05, 0) is 57.3 Å². The van der Waals surface area contributed by atoms with Gasteiger partial charge in [-0.2, -0.15) is 0 Å². The van der Waals surface area contributed by atoms with Crippen LogP contribution in [0.25, 0.3) is 0 Å². The minimum Gasteiger partial charge on any atom is -0.456 e. The summed E-state index contributed by atoms with van der Waals surface area (Å²) in [6.07, 6.45) is 6.93. The summed E-state index contributed by atoms with van der Waals surface area (Å²) < 4.78 is 6.07. The van der Waals surface area contributed by atoms with E-state index in [1.54, 1.807) is 0 Å². The molecule has 0 saturated carbocycles. The van der Waals surface area contributed by atoms with E-state index in [2.05, 4.69) is 30.7 Å². The van der Waals surface area contributed by atoms with Gasteiger partial charge in [0.15, 0.2) is 5.76 Å². The highest BCUT2D eigenvalue weighted by molar-refractivity contribution is 5.92. The summed E-state index contributed by atoms with van der Waals surface area (Å²) in [4.78, 5) is 26.9. The SMILES string of the molecule is CCc1oc(C(=O)N2CCCC3(CCc4cnc(C)nc43)C2)cc1CN(CC)CC. The van der Waals surface area contributed by atoms with Gasteiger partial charge < -0.3 is 9.32 Å². The third-order valence-corrected chi connectivity index (χ3v) is 6.94. The van der Waals surface area contributed by atoms with E-state index in [9.17, 15) is 4.79 Å². The quantitative estimate of drug-likeness (QED) is 0.723. The molecule has 1 amide bonds. The van der Waals surface area contributed by atoms with Gasteiger partial charge in [0.2, 0.25) is 0 Å². The Labute approximate surface area is 179 Å². The molecule has 3 heterocycles. The molecule has 2 aliphatic rings. The van der Waals surface area contributed by atoms with Crippen LogP contribution in [0.4, 0.5) is 0 Å². The topological polar surface area (TPSA) is 62.5 Å². The molecule has 4 rings (SSSR count). The minimum absolute atomic E-state index is 0.0220. The van der Waals surface area contributed by atoms with Gasteiger partial charge in [0, 0.05) is 43.2 Å². The standard InChI is InChI=1S/C24H34N4O2/c1-5-20-19(15-27(6-2)7-3)13-21(30-20)23(29)28-12-8-10-24(16-28)11-9-18-14-25-17(4)26-22(18)24/h13-14H,5-12,15-16H2,1-4H3. The zero-order valence-corrected chi connectivity index (χ0v) is 18.8. The average molecular weight is 411 g/mol. The number of aryl methyl sites for hydroxylation is 3. The van der Waals surface area contributed by atoms with Gasteiger partial charge in [0.05, 0.1) is 5.69 Å². The molecule has 0 radical (unpaired) electrons. The molecule has 1 spiro atoms. The molecular weight excluding hydrogens is 376 g/mol. The number of carbonyl (C=O) groups is 1. The summed E-state index contributed by atoms with van der Waals surface area (Å²) in [6, 6.07) is 1.98. The van der Waals surface area contributed by atoms with Crippen LogP contribution in [0.15, 0.2) is 16.7 Å². The monoisotopic (exact) mass is 410 g/mol. The second-order valence-electron chi connectivity index (χ2n) is 8.78. The van der Waals surface area contributed by atoms with Gasteiger partial charge in [-0.15, -0.1) is 0 Å². The predicted molar refractivity (Wildman–Crippen MR) is 117 cm³/mol. The Hall–Kier alpha value is -2.21. The minimum atomic E-state index is -0.0266. The molecular formula is C24H34N4O2. The second-order valence-corrected chi connectivity index (χ2v) is 8.78. The van der Waals surface area contributed by atoms with Crippen molar-refractivity contribution in [2.24, 2.45) is 0 Å². The maximum absolute atomic E-state index is 13.4. The van der Waals surface area contributed by atoms with Crippen LogP contribution in [0.1, 0.15) is 79.0 Å². The van der Waals surface area contributed by atoms with Gasteiger partial charge in [-0.3, -0.25) is 9.69 Å². The van der Waals surface area contributed by atoms with Crippen LogP contribution in [0.2, 0.25) is 0 Å². The first-order valence-electron chi connectivity index (χ1n) is 11.5. The molecule has 1 aliphatic carbocycles. The van der Waals surface area contributed by atoms with Crippen LogP contribution in [0, 0.1) is 6.92 Å². The number of piperidine rings is 1. The molecule has 2 aromatic rings. The van der Waals surface area contributed by atoms with Crippen LogP contribution >= 0.6 is 0 Å². The van der Waals surface area contributed by atoms with E-state index in [0.29, 0.717) is 5.76 Å². The summed E-state index contributed by atoms with van der Waals surface area (Å²) in [5, 5.41) is 0. The summed E-state index contributed by atoms with van der Waals surface area (Å²) in [6.45, 7) is 12.7. The number of furan rings is 1. The number of hydrogen-bond acceptors (Lipinski definition) is 5. The molecule has 0 bridgehead atoms. The number of aromatic nitrogens is 2. The van der Waals surface area contributed by atoms with Crippen molar-refractivity contribution in [3.63, 3.8) is 0 Å². The van der Waals surface area contributed by atoms with E-state index < -0.39 is 0 Å². The van der Waals surface area contributed by atoms with Gasteiger partial charge in [-0.1, -0.05) is 20.8 Å². The number of fused-ring (bicyclic) bond motifs is 2. The number of amides is 1. The number of rotatable bonds is 6. The Kier molecular flexibility index (Phi) is 5.96. The lowest BCUT2D eigenvalue weighted by Gasteiger charge is -2.40. The average Bonchev–Trinajstić information content (AvgIpc) is 3.33. The van der Waals surface area contributed by atoms with E-state index in [1.165, 1.54) is 11.3 Å². The Morgan fingerprint density at radius 3 is 2.80 bits per heavy atom. The molecule has 1 saturated heterocycles. The Morgan fingerprint density at radius 1 is 1.27 bits per heavy atom. The maximum atomic E-state index is 13.4. The molecule has 1 aliphatic heterocycles. The zero-order chi connectivity index (χ0) is 21.3. The van der Waals surface area contributed by atoms with Gasteiger partial charge >= 0.3 is 0 Å². The first-order chi connectivity index (χ1) is 14.5. The lowest BCUT2D eigenvalue weighted by atomic mass is 9.77. The highest BCUT2D eigenvalue weighted by Crippen LogP contribution is 2.44. The molecule has 2 aromatic heterocycles. The van der Waals surface area contributed by atoms with Crippen molar-refractivity contribution in [2.45, 2.75) is 71.8 Å². The van der Waals surface area contributed by atoms with Crippen molar-refractivity contribution in [3.8, 4) is 0 Å². The smallest absolute Gasteiger partial charge is 0.289 e. The van der Waals surface area contributed by atoms with Crippen molar-refractivity contribution in [3.05, 3.63) is 46.4 Å². The first-order valence-corrected chi connectivity index (χ1v) is 11.5. The van der Waals surface area contributed by atoms with E-state index in [-0.39, 0.29) is 11.3 Å². The largest absolute Gasteiger partial charge is 0.456 e. The number of hydrogen-bond donors (Lipinski definition) is 0. The van der Waals surface area contributed by atoms with Gasteiger partial charge in [-0.25, -0.2) is 9.97 Å². The third-order valence-electron chi connectivity index (χ3n) is 6.94. The Morgan fingerprint density at radius 2 is 2.07 bits per heavy atom. The fourth-order valence-corrected chi connectivity index (χ4v) is 5.18. The van der Waals surface area contributed by atoms with Crippen LogP contribution in [0.3, 0.4) is 0 Å². The van der Waals surface area contributed by atoms with Crippen molar-refractivity contribution < 1.29 is 9.21 Å². The Bertz CT molecular complexity index is 914. The summed E-state index contributed by atoms with van der Waals surface area (Å²) in [7, 11) is 0. The van der Waals surface area contributed by atoms with Crippen LogP contribution in [-0.4, -0.2) is 51.9 Å². The lowest BCUT2D eigenvalue weighted by Crippen LogP contribution is -2.48. The fraction of sp³-hybridized carbons (Fsp3) is 0.625. The number of carbonyl (C=O) groups excluding carboxylic acids is 1. The second kappa shape index (κ2) is 8.50. The molecule has 1 atom stereocenters. The molecule has 6 heteroatoms. The summed E-state index contributed by atoms with van der Waals surface area (Å²) >= 11 is 0. The van der Waals surface area contributed by atoms with Gasteiger partial charge in [0.1, 0.15) is 11.6 Å². The normalized spacial score (nSPS) is 20.9. The molecule has 0 N–H and O–H groups in total. The molecule has 0 aromatic carbocycles. The third kappa shape index (κ3) is 3.78. The van der Waals surface area contributed by atoms with E-state index in [1.807, 2.05) is 24.1 Å². The van der Waals surface area contributed by atoms with Gasteiger partial charge in [0.25, 0.3) is 5.91 Å². The van der Waals surface area contributed by atoms with Crippen molar-refractivity contribution in [1.82, 2.24) is 19.8 Å². The number of likely N-dealkylation sites (tertiary alicyclic amines) is 1. The number of nitrogens with zero attached hydrogens (tertiary/aromatic N) is 4. The molecule has 162 valence electrons. The fourth-order valence-electron chi connectivity index (χ4n) is 5.18. The summed E-state index contributed by atoms with van der Waals surface area (Å²) in [5.74, 6) is 2.27. The maximum Gasteiger partial charge on any atom is 0.289 e. The molecule has 6 nitrogen and oxygen atoms in total. The molecule has 30 heavy (non-hydrogen) atoms. The van der Waals surface area contributed by atoms with Crippen LogP contribution in [0.5, 0.6) is 0 Å². The summed E-state index contributed by atoms with van der Waals surface area (Å²) in [5.41, 5.74) is 3.54. The van der Waals surface area contributed by atoms with Crippen LogP contribution in [-0.2, 0) is 24.8 Å². The van der Waals surface area contributed by atoms with E-state index >= 15 is 0 Å². The highest BCUT2D eigenvalue weighted by atomic mass is 16.4. The molecule has 1 unspecified atom stereocenters. The zero-order valence-electron chi connectivity index (χ0n) is 18.8. The van der Waals surface area contributed by atoms with Crippen molar-refractivity contribution in [1.29, 1.82) is 0 Å². The van der Waals surface area contributed by atoms with Crippen molar-refractivity contribution in [2.75, 3.05) is 26.2 Å². The van der Waals surface area contributed by atoms with Crippen LogP contribution < -0.4 is 0 Å². The van der Waals surface area contributed by atoms with E-state index in [4.69, 9.17) is 9.40 Å². The predicted octanol–water partition coefficient (Wildman–Crippen LogP) is 3.90. The highest BCUT2D eigenvalue weighted by Gasteiger charge is 2.45.